The molecule has 0 aliphatic rings. The second-order valence-electron chi connectivity index (χ2n) is 4.23. The third kappa shape index (κ3) is 1.87. The zero-order chi connectivity index (χ0) is 12.7. The van der Waals surface area contributed by atoms with E-state index in [0.29, 0.717) is 0 Å². The van der Waals surface area contributed by atoms with Crippen LogP contribution in [0, 0.1) is 12.7 Å². The van der Waals surface area contributed by atoms with Crippen molar-refractivity contribution in [2.24, 2.45) is 0 Å². The van der Waals surface area contributed by atoms with Crippen LogP contribution in [0.4, 0.5) is 4.39 Å². The van der Waals surface area contributed by atoms with Gasteiger partial charge in [0.15, 0.2) is 0 Å². The molecule has 0 aliphatic heterocycles. The van der Waals surface area contributed by atoms with Crippen molar-refractivity contribution in [2.45, 2.75) is 6.92 Å². The Labute approximate surface area is 109 Å². The molecule has 2 nitrogen and oxygen atoms in total. The lowest BCUT2D eigenvalue weighted by atomic mass is 10.2. The fourth-order valence-electron chi connectivity index (χ4n) is 1.90. The van der Waals surface area contributed by atoms with E-state index in [1.807, 2.05) is 35.9 Å². The number of fused-ring (bicyclic) bond motifs is 1. The van der Waals surface area contributed by atoms with Gasteiger partial charge in [0.05, 0.1) is 10.7 Å². The third-order valence-electron chi connectivity index (χ3n) is 2.81. The van der Waals surface area contributed by atoms with Crippen molar-refractivity contribution in [2.75, 3.05) is 0 Å². The molecule has 0 radical (unpaired) electrons. The number of rotatable bonds is 1. The smallest absolute Gasteiger partial charge is 0.141 e. The Morgan fingerprint density at radius 3 is 2.78 bits per heavy atom. The Bertz CT molecular complexity index is 734. The van der Waals surface area contributed by atoms with Gasteiger partial charge in [-0.15, -0.1) is 0 Å². The zero-order valence-electron chi connectivity index (χ0n) is 9.69. The molecule has 18 heavy (non-hydrogen) atoms. The quantitative estimate of drug-likeness (QED) is 0.644. The van der Waals surface area contributed by atoms with Crippen molar-refractivity contribution in [3.05, 3.63) is 59.1 Å². The number of hydrogen-bond acceptors (Lipinski definition) is 1. The highest BCUT2D eigenvalue weighted by Crippen LogP contribution is 2.24. The highest BCUT2D eigenvalue weighted by Gasteiger charge is 2.07. The van der Waals surface area contributed by atoms with Gasteiger partial charge in [0.1, 0.15) is 11.5 Å². The van der Waals surface area contributed by atoms with Crippen LogP contribution < -0.4 is 0 Å². The first-order valence-corrected chi connectivity index (χ1v) is 5.92. The molecule has 4 heteroatoms. The van der Waals surface area contributed by atoms with Crippen LogP contribution in [-0.4, -0.2) is 9.38 Å². The Hall–Kier alpha value is -1.87. The summed E-state index contributed by atoms with van der Waals surface area (Å²) < 4.78 is 15.1. The van der Waals surface area contributed by atoms with Crippen molar-refractivity contribution in [3.63, 3.8) is 0 Å². The molecule has 0 atom stereocenters. The normalized spacial score (nSPS) is 11.1. The Morgan fingerprint density at radius 2 is 2.00 bits per heavy atom. The Balaban J connectivity index is 2.16. The van der Waals surface area contributed by atoms with E-state index < -0.39 is 5.82 Å². The lowest BCUT2D eigenvalue weighted by Crippen LogP contribution is -1.82. The third-order valence-corrected chi connectivity index (χ3v) is 3.10. The molecule has 0 saturated carbocycles. The summed E-state index contributed by atoms with van der Waals surface area (Å²) in [6.45, 7) is 2.02. The van der Waals surface area contributed by atoms with Crippen molar-refractivity contribution in [1.82, 2.24) is 9.38 Å². The van der Waals surface area contributed by atoms with Crippen LogP contribution in [-0.2, 0) is 0 Å². The van der Waals surface area contributed by atoms with E-state index in [1.54, 1.807) is 12.1 Å². The zero-order valence-corrected chi connectivity index (χ0v) is 10.4. The number of imidazole rings is 1. The van der Waals surface area contributed by atoms with Gasteiger partial charge in [-0.25, -0.2) is 9.37 Å². The van der Waals surface area contributed by atoms with Crippen LogP contribution in [0.15, 0.2) is 42.7 Å². The molecule has 0 saturated heterocycles. The number of halogens is 2. The van der Waals surface area contributed by atoms with Crippen LogP contribution in [0.2, 0.25) is 5.02 Å². The standard InChI is InChI=1S/C14H10ClFN2/c1-9-2-5-14-17-13(8-18(14)7-9)10-3-4-12(16)11(15)6-10/h2-8H,1H3. The topological polar surface area (TPSA) is 17.3 Å². The van der Waals surface area contributed by atoms with Gasteiger partial charge in [-0.2, -0.15) is 0 Å². The first-order valence-electron chi connectivity index (χ1n) is 5.54. The largest absolute Gasteiger partial charge is 0.306 e. The molecule has 90 valence electrons. The molecule has 2 aromatic heterocycles. The van der Waals surface area contributed by atoms with E-state index >= 15 is 0 Å². The molecular weight excluding hydrogens is 251 g/mol. The monoisotopic (exact) mass is 260 g/mol. The van der Waals surface area contributed by atoms with Crippen molar-refractivity contribution in [3.8, 4) is 11.3 Å². The van der Waals surface area contributed by atoms with Crippen LogP contribution in [0.3, 0.4) is 0 Å². The molecule has 0 unspecified atom stereocenters. The minimum atomic E-state index is -0.417. The van der Waals surface area contributed by atoms with E-state index in [0.717, 1.165) is 22.5 Å². The van der Waals surface area contributed by atoms with E-state index in [-0.39, 0.29) is 5.02 Å². The highest BCUT2D eigenvalue weighted by atomic mass is 35.5. The molecule has 1 aromatic carbocycles. The van der Waals surface area contributed by atoms with Gasteiger partial charge in [0.2, 0.25) is 0 Å². The fourth-order valence-corrected chi connectivity index (χ4v) is 2.08. The summed E-state index contributed by atoms with van der Waals surface area (Å²) >= 11 is 5.78. The number of benzene rings is 1. The van der Waals surface area contributed by atoms with E-state index in [9.17, 15) is 4.39 Å². The first-order chi connectivity index (χ1) is 8.63. The first kappa shape index (κ1) is 11.2. The molecule has 0 fully saturated rings. The number of aryl methyl sites for hydroxylation is 1. The average Bonchev–Trinajstić information content (AvgIpc) is 2.75. The SMILES string of the molecule is Cc1ccc2nc(-c3ccc(F)c(Cl)c3)cn2c1. The van der Waals surface area contributed by atoms with Crippen LogP contribution >= 0.6 is 11.6 Å². The second kappa shape index (κ2) is 4.10. The van der Waals surface area contributed by atoms with Gasteiger partial charge in [-0.05, 0) is 36.8 Å². The number of aromatic nitrogens is 2. The predicted octanol–water partition coefficient (Wildman–Crippen LogP) is 4.10. The summed E-state index contributed by atoms with van der Waals surface area (Å²) in [5.74, 6) is -0.417. The van der Waals surface area contributed by atoms with Crippen molar-refractivity contribution < 1.29 is 4.39 Å². The van der Waals surface area contributed by atoms with Crippen LogP contribution in [0.1, 0.15) is 5.56 Å². The average molecular weight is 261 g/mol. The summed E-state index contributed by atoms with van der Waals surface area (Å²) in [6.07, 6.45) is 3.91. The molecule has 3 rings (SSSR count). The number of hydrogen-bond donors (Lipinski definition) is 0. The number of nitrogens with zero attached hydrogens (tertiary/aromatic N) is 2. The molecule has 2 heterocycles. The summed E-state index contributed by atoms with van der Waals surface area (Å²) in [5, 5.41) is 0.112. The Morgan fingerprint density at radius 1 is 1.17 bits per heavy atom. The second-order valence-corrected chi connectivity index (χ2v) is 4.63. The lowest BCUT2D eigenvalue weighted by Gasteiger charge is -1.97. The summed E-state index contributed by atoms with van der Waals surface area (Å²) in [4.78, 5) is 4.48. The Kier molecular flexibility index (Phi) is 2.56. The van der Waals surface area contributed by atoms with Crippen LogP contribution in [0.25, 0.3) is 16.9 Å². The minimum Gasteiger partial charge on any atom is -0.306 e. The van der Waals surface area contributed by atoms with Gasteiger partial charge < -0.3 is 4.40 Å². The van der Waals surface area contributed by atoms with Gasteiger partial charge in [-0.3, -0.25) is 0 Å². The van der Waals surface area contributed by atoms with Crippen molar-refractivity contribution >= 4 is 17.2 Å². The lowest BCUT2D eigenvalue weighted by molar-refractivity contribution is 0.628. The molecule has 0 aliphatic carbocycles. The molecule has 0 spiro atoms. The summed E-state index contributed by atoms with van der Waals surface area (Å²) in [6, 6.07) is 8.57. The highest BCUT2D eigenvalue weighted by molar-refractivity contribution is 6.31. The van der Waals surface area contributed by atoms with Gasteiger partial charge in [0.25, 0.3) is 0 Å². The fraction of sp³-hybridized carbons (Fsp3) is 0.0714. The minimum absolute atomic E-state index is 0.112. The van der Waals surface area contributed by atoms with E-state index in [1.165, 1.54) is 6.07 Å². The predicted molar refractivity (Wildman–Crippen MR) is 70.3 cm³/mol. The van der Waals surface area contributed by atoms with Crippen molar-refractivity contribution in [1.29, 1.82) is 0 Å². The maximum atomic E-state index is 13.1. The van der Waals surface area contributed by atoms with E-state index in [2.05, 4.69) is 4.98 Å². The maximum absolute atomic E-state index is 13.1. The molecule has 0 amide bonds. The van der Waals surface area contributed by atoms with E-state index in [4.69, 9.17) is 11.6 Å². The molecule has 3 aromatic rings. The summed E-state index contributed by atoms with van der Waals surface area (Å²) in [7, 11) is 0. The summed E-state index contributed by atoms with van der Waals surface area (Å²) in [5.41, 5.74) is 3.60. The molecular formula is C14H10ClFN2. The molecule has 0 N–H and O–H groups in total. The van der Waals surface area contributed by atoms with Gasteiger partial charge >= 0.3 is 0 Å². The maximum Gasteiger partial charge on any atom is 0.141 e. The van der Waals surface area contributed by atoms with Gasteiger partial charge in [-0.1, -0.05) is 17.7 Å². The number of pyridine rings is 1. The van der Waals surface area contributed by atoms with Crippen LogP contribution in [0.5, 0.6) is 0 Å². The molecule has 0 bridgehead atoms. The van der Waals surface area contributed by atoms with Gasteiger partial charge in [0, 0.05) is 18.0 Å².